The van der Waals surface area contributed by atoms with Gasteiger partial charge in [0.2, 0.25) is 5.82 Å². The molecule has 0 saturated heterocycles. The first-order chi connectivity index (χ1) is 11.1. The van der Waals surface area contributed by atoms with Gasteiger partial charge in [0, 0.05) is 12.0 Å². The Kier molecular flexibility index (Phi) is 4.43. The molecule has 1 heterocycles. The summed E-state index contributed by atoms with van der Waals surface area (Å²) in [4.78, 5) is 16.3. The minimum atomic E-state index is -0.369. The number of nitrogens with one attached hydrogen (secondary N) is 1. The van der Waals surface area contributed by atoms with E-state index in [4.69, 9.17) is 0 Å². The fourth-order valence-corrected chi connectivity index (χ4v) is 3.02. The molecule has 2 atom stereocenters. The van der Waals surface area contributed by atoms with Crippen LogP contribution in [0.3, 0.4) is 0 Å². The van der Waals surface area contributed by atoms with Crippen molar-refractivity contribution in [3.63, 3.8) is 0 Å². The van der Waals surface area contributed by atoms with Gasteiger partial charge in [0.25, 0.3) is 5.91 Å². The van der Waals surface area contributed by atoms with E-state index in [1.54, 1.807) is 4.68 Å². The van der Waals surface area contributed by atoms with Crippen LogP contribution in [0, 0.1) is 5.41 Å². The Bertz CT molecular complexity index is 670. The zero-order valence-electron chi connectivity index (χ0n) is 13.3. The number of nitrogens with zero attached hydrogens (tertiary/aromatic N) is 3. The van der Waals surface area contributed by atoms with E-state index in [-0.39, 0.29) is 23.3 Å². The lowest BCUT2D eigenvalue weighted by atomic mass is 9.73. The topological polar surface area (TPSA) is 80.0 Å². The fourth-order valence-electron chi connectivity index (χ4n) is 3.02. The van der Waals surface area contributed by atoms with Crippen molar-refractivity contribution in [2.24, 2.45) is 5.41 Å². The minimum absolute atomic E-state index is 0.141. The lowest BCUT2D eigenvalue weighted by Crippen LogP contribution is -2.45. The van der Waals surface area contributed by atoms with Crippen LogP contribution in [-0.2, 0) is 0 Å². The number of amides is 1. The van der Waals surface area contributed by atoms with Crippen LogP contribution in [0.2, 0.25) is 0 Å². The summed E-state index contributed by atoms with van der Waals surface area (Å²) in [5.41, 5.74) is 0.587. The maximum atomic E-state index is 12.2. The number of rotatable bonds is 4. The third-order valence-corrected chi connectivity index (χ3v) is 4.65. The average molecular weight is 314 g/mol. The van der Waals surface area contributed by atoms with Crippen molar-refractivity contribution in [1.29, 1.82) is 0 Å². The van der Waals surface area contributed by atoms with Crippen LogP contribution in [0.15, 0.2) is 36.7 Å². The quantitative estimate of drug-likeness (QED) is 0.904. The second-order valence-corrected chi connectivity index (χ2v) is 6.45. The second kappa shape index (κ2) is 6.50. The Balaban J connectivity index is 1.64. The molecule has 3 rings (SSSR count). The zero-order valence-corrected chi connectivity index (χ0v) is 13.3. The number of carbonyl (C=O) groups is 1. The number of para-hydroxylation sites is 1. The summed E-state index contributed by atoms with van der Waals surface area (Å²) in [5, 5.41) is 17.3. The molecule has 1 fully saturated rings. The van der Waals surface area contributed by atoms with Crippen LogP contribution >= 0.6 is 0 Å². The van der Waals surface area contributed by atoms with Crippen LogP contribution in [0.4, 0.5) is 0 Å². The van der Waals surface area contributed by atoms with Gasteiger partial charge in [-0.3, -0.25) is 4.79 Å². The summed E-state index contributed by atoms with van der Waals surface area (Å²) in [5.74, 6) is -0.165. The molecule has 0 bridgehead atoms. The summed E-state index contributed by atoms with van der Waals surface area (Å²) in [6.45, 7) is 2.46. The Morgan fingerprint density at radius 2 is 2.17 bits per heavy atom. The van der Waals surface area contributed by atoms with Crippen molar-refractivity contribution in [3.8, 4) is 5.69 Å². The predicted molar refractivity (Wildman–Crippen MR) is 86.3 cm³/mol. The largest absolute Gasteiger partial charge is 0.392 e. The van der Waals surface area contributed by atoms with E-state index in [1.165, 1.54) is 6.33 Å². The maximum Gasteiger partial charge on any atom is 0.290 e. The molecule has 2 unspecified atom stereocenters. The van der Waals surface area contributed by atoms with Crippen molar-refractivity contribution >= 4 is 5.91 Å². The number of aliphatic hydroxyl groups excluding tert-OH is 1. The van der Waals surface area contributed by atoms with Crippen LogP contribution in [0.5, 0.6) is 0 Å². The molecular formula is C17H22N4O2. The highest BCUT2D eigenvalue weighted by molar-refractivity contribution is 5.90. The number of aromatic nitrogens is 3. The van der Waals surface area contributed by atoms with Crippen LogP contribution in [0.1, 0.15) is 43.2 Å². The summed E-state index contributed by atoms with van der Waals surface area (Å²) < 4.78 is 1.58. The fraction of sp³-hybridized carbons (Fsp3) is 0.471. The second-order valence-electron chi connectivity index (χ2n) is 6.45. The molecule has 1 aromatic carbocycles. The summed E-state index contributed by atoms with van der Waals surface area (Å²) in [6.07, 6.45) is 5.01. The third-order valence-electron chi connectivity index (χ3n) is 4.65. The van der Waals surface area contributed by atoms with Crippen LogP contribution < -0.4 is 5.32 Å². The van der Waals surface area contributed by atoms with Gasteiger partial charge < -0.3 is 10.4 Å². The third kappa shape index (κ3) is 3.42. The van der Waals surface area contributed by atoms with Crippen molar-refractivity contribution in [2.75, 3.05) is 6.54 Å². The SMILES string of the molecule is CC1(CNC(=O)c2ncn(-c3ccccc3)n2)CCCCC1O. The Morgan fingerprint density at radius 3 is 2.91 bits per heavy atom. The van der Waals surface area contributed by atoms with E-state index >= 15 is 0 Å². The van der Waals surface area contributed by atoms with E-state index in [0.29, 0.717) is 6.54 Å². The monoisotopic (exact) mass is 314 g/mol. The molecule has 1 aromatic heterocycles. The molecule has 2 aromatic rings. The van der Waals surface area contributed by atoms with Crippen molar-refractivity contribution in [3.05, 3.63) is 42.5 Å². The van der Waals surface area contributed by atoms with Gasteiger partial charge in [0.1, 0.15) is 6.33 Å². The van der Waals surface area contributed by atoms with Crippen molar-refractivity contribution in [2.45, 2.75) is 38.7 Å². The van der Waals surface area contributed by atoms with E-state index in [9.17, 15) is 9.90 Å². The maximum absolute atomic E-state index is 12.2. The van der Waals surface area contributed by atoms with Gasteiger partial charge in [-0.25, -0.2) is 9.67 Å². The molecule has 1 aliphatic rings. The first kappa shape index (κ1) is 15.7. The lowest BCUT2D eigenvalue weighted by molar-refractivity contribution is 0.00184. The molecule has 0 radical (unpaired) electrons. The first-order valence-corrected chi connectivity index (χ1v) is 8.02. The summed E-state index contributed by atoms with van der Waals surface area (Å²) in [7, 11) is 0. The average Bonchev–Trinajstić information content (AvgIpc) is 3.07. The lowest BCUT2D eigenvalue weighted by Gasteiger charge is -2.38. The Labute approximate surface area is 135 Å². The van der Waals surface area contributed by atoms with E-state index in [1.807, 2.05) is 37.3 Å². The molecule has 2 N–H and O–H groups in total. The van der Waals surface area contributed by atoms with Gasteiger partial charge >= 0.3 is 0 Å². The molecule has 6 nitrogen and oxygen atoms in total. The Morgan fingerprint density at radius 1 is 1.39 bits per heavy atom. The number of benzene rings is 1. The van der Waals surface area contributed by atoms with Crippen LogP contribution in [-0.4, -0.2) is 38.4 Å². The molecule has 122 valence electrons. The molecule has 1 aliphatic carbocycles. The highest BCUT2D eigenvalue weighted by Crippen LogP contribution is 2.35. The molecule has 1 saturated carbocycles. The standard InChI is InChI=1S/C17H22N4O2/c1-17(10-6-5-9-14(17)22)11-18-16(23)15-19-12-21(20-15)13-7-3-2-4-8-13/h2-4,7-8,12,14,22H,5-6,9-11H2,1H3,(H,18,23). The van der Waals surface area contributed by atoms with E-state index < -0.39 is 0 Å². The van der Waals surface area contributed by atoms with Crippen LogP contribution in [0.25, 0.3) is 5.69 Å². The van der Waals surface area contributed by atoms with E-state index in [0.717, 1.165) is 31.4 Å². The summed E-state index contributed by atoms with van der Waals surface area (Å²) in [6, 6.07) is 9.53. The zero-order chi connectivity index (χ0) is 16.3. The smallest absolute Gasteiger partial charge is 0.290 e. The molecule has 0 spiro atoms. The molecule has 23 heavy (non-hydrogen) atoms. The molecule has 6 heteroatoms. The van der Waals surface area contributed by atoms with Crippen molar-refractivity contribution in [1.82, 2.24) is 20.1 Å². The minimum Gasteiger partial charge on any atom is -0.392 e. The number of hydrogen-bond donors (Lipinski definition) is 2. The first-order valence-electron chi connectivity index (χ1n) is 8.02. The van der Waals surface area contributed by atoms with Gasteiger partial charge in [0.05, 0.1) is 11.8 Å². The predicted octanol–water partition coefficient (Wildman–Crippen LogP) is 1.94. The molecular weight excluding hydrogens is 292 g/mol. The van der Waals surface area contributed by atoms with Gasteiger partial charge in [-0.05, 0) is 25.0 Å². The Hall–Kier alpha value is -2.21. The number of hydrogen-bond acceptors (Lipinski definition) is 4. The molecule has 0 aliphatic heterocycles. The number of carbonyl (C=O) groups excluding carboxylic acids is 1. The normalized spacial score (nSPS) is 24.3. The van der Waals surface area contributed by atoms with Crippen molar-refractivity contribution < 1.29 is 9.90 Å². The van der Waals surface area contributed by atoms with Gasteiger partial charge in [-0.15, -0.1) is 5.10 Å². The number of aliphatic hydroxyl groups is 1. The highest BCUT2D eigenvalue weighted by atomic mass is 16.3. The van der Waals surface area contributed by atoms with Gasteiger partial charge in [-0.1, -0.05) is 38.0 Å². The van der Waals surface area contributed by atoms with Gasteiger partial charge in [0.15, 0.2) is 0 Å². The summed E-state index contributed by atoms with van der Waals surface area (Å²) >= 11 is 0. The highest BCUT2D eigenvalue weighted by Gasteiger charge is 2.35. The molecule has 1 amide bonds. The van der Waals surface area contributed by atoms with Gasteiger partial charge in [-0.2, -0.15) is 0 Å². The van der Waals surface area contributed by atoms with E-state index in [2.05, 4.69) is 15.4 Å².